The fourth-order valence-corrected chi connectivity index (χ4v) is 2.65. The summed E-state index contributed by atoms with van der Waals surface area (Å²) < 4.78 is 0. The molecule has 0 radical (unpaired) electrons. The predicted octanol–water partition coefficient (Wildman–Crippen LogP) is 1.41. The molecule has 1 heterocycles. The lowest BCUT2D eigenvalue weighted by atomic mass is 10.1. The zero-order chi connectivity index (χ0) is 13.8. The van der Waals surface area contributed by atoms with E-state index in [-0.39, 0.29) is 18.6 Å². The number of rotatable bonds is 3. The third kappa shape index (κ3) is 3.07. The quantitative estimate of drug-likeness (QED) is 0.896. The standard InChI is InChI=1S/C15H22N2O2/c1-12-5-3-6-13(11-12)17-9-4-8-16(2)15(19)14(17)7-10-18/h3,5-6,11,14,18H,4,7-10H2,1-2H3. The van der Waals surface area contributed by atoms with Crippen molar-refractivity contribution in [2.75, 3.05) is 31.6 Å². The molecule has 1 amide bonds. The summed E-state index contributed by atoms with van der Waals surface area (Å²) in [4.78, 5) is 16.3. The monoisotopic (exact) mass is 262 g/mol. The lowest BCUT2D eigenvalue weighted by molar-refractivity contribution is -0.131. The Morgan fingerprint density at radius 1 is 1.37 bits per heavy atom. The van der Waals surface area contributed by atoms with Gasteiger partial charge in [-0.15, -0.1) is 0 Å². The fraction of sp³-hybridized carbons (Fsp3) is 0.533. The summed E-state index contributed by atoms with van der Waals surface area (Å²) in [5, 5.41) is 9.24. The van der Waals surface area contributed by atoms with Gasteiger partial charge in [0.15, 0.2) is 0 Å². The molecule has 0 bridgehead atoms. The van der Waals surface area contributed by atoms with Gasteiger partial charge in [0.25, 0.3) is 0 Å². The molecule has 1 aliphatic rings. The topological polar surface area (TPSA) is 43.8 Å². The highest BCUT2D eigenvalue weighted by Crippen LogP contribution is 2.23. The van der Waals surface area contributed by atoms with Gasteiger partial charge >= 0.3 is 0 Å². The number of carbonyl (C=O) groups is 1. The van der Waals surface area contributed by atoms with Gasteiger partial charge in [-0.3, -0.25) is 4.79 Å². The molecule has 1 aromatic rings. The molecule has 1 atom stereocenters. The minimum absolute atomic E-state index is 0.0343. The van der Waals surface area contributed by atoms with E-state index in [4.69, 9.17) is 0 Å². The first-order valence-corrected chi connectivity index (χ1v) is 6.82. The second-order valence-electron chi connectivity index (χ2n) is 5.17. The molecule has 0 saturated carbocycles. The highest BCUT2D eigenvalue weighted by molar-refractivity contribution is 5.85. The molecule has 1 N–H and O–H groups in total. The third-order valence-electron chi connectivity index (χ3n) is 3.67. The van der Waals surface area contributed by atoms with Crippen LogP contribution in [0.2, 0.25) is 0 Å². The number of hydrogen-bond acceptors (Lipinski definition) is 3. The summed E-state index contributed by atoms with van der Waals surface area (Å²) in [5.41, 5.74) is 2.26. The van der Waals surface area contributed by atoms with Crippen molar-refractivity contribution < 1.29 is 9.90 Å². The first kappa shape index (κ1) is 13.9. The molecular formula is C15H22N2O2. The lowest BCUT2D eigenvalue weighted by Gasteiger charge is -2.31. The number of benzene rings is 1. The van der Waals surface area contributed by atoms with Crippen LogP contribution in [-0.2, 0) is 4.79 Å². The summed E-state index contributed by atoms with van der Waals surface area (Å²) in [6, 6.07) is 7.95. The van der Waals surface area contributed by atoms with Crippen LogP contribution in [0, 0.1) is 6.92 Å². The number of likely N-dealkylation sites (N-methyl/N-ethyl adjacent to an activating group) is 1. The molecule has 19 heavy (non-hydrogen) atoms. The molecule has 104 valence electrons. The van der Waals surface area contributed by atoms with Gasteiger partial charge < -0.3 is 14.9 Å². The van der Waals surface area contributed by atoms with E-state index in [1.54, 1.807) is 4.90 Å². The van der Waals surface area contributed by atoms with Crippen molar-refractivity contribution in [1.29, 1.82) is 0 Å². The average Bonchev–Trinajstić information content (AvgIpc) is 2.53. The maximum atomic E-state index is 12.4. The number of anilines is 1. The van der Waals surface area contributed by atoms with E-state index in [9.17, 15) is 9.90 Å². The van der Waals surface area contributed by atoms with E-state index in [0.717, 1.165) is 25.2 Å². The number of amides is 1. The van der Waals surface area contributed by atoms with Crippen molar-refractivity contribution in [2.45, 2.75) is 25.8 Å². The van der Waals surface area contributed by atoms with E-state index in [1.807, 2.05) is 19.2 Å². The van der Waals surface area contributed by atoms with Crippen molar-refractivity contribution in [3.05, 3.63) is 29.8 Å². The first-order valence-electron chi connectivity index (χ1n) is 6.82. The maximum absolute atomic E-state index is 12.4. The van der Waals surface area contributed by atoms with Gasteiger partial charge in [0, 0.05) is 32.4 Å². The number of nitrogens with zero attached hydrogens (tertiary/aromatic N) is 2. The summed E-state index contributed by atoms with van der Waals surface area (Å²) >= 11 is 0. The van der Waals surface area contributed by atoms with Crippen LogP contribution >= 0.6 is 0 Å². The summed E-state index contributed by atoms with van der Waals surface area (Å²) in [5.74, 6) is 0.105. The molecule has 1 saturated heterocycles. The molecule has 1 fully saturated rings. The highest BCUT2D eigenvalue weighted by Gasteiger charge is 2.30. The zero-order valence-corrected chi connectivity index (χ0v) is 11.7. The van der Waals surface area contributed by atoms with Crippen LogP contribution < -0.4 is 4.90 Å². The number of aliphatic hydroxyl groups is 1. The van der Waals surface area contributed by atoms with E-state index < -0.39 is 0 Å². The van der Waals surface area contributed by atoms with E-state index in [0.29, 0.717) is 6.42 Å². The van der Waals surface area contributed by atoms with Crippen LogP contribution in [0.3, 0.4) is 0 Å². The Labute approximate surface area is 114 Å². The number of aliphatic hydroxyl groups excluding tert-OH is 1. The van der Waals surface area contributed by atoms with Gasteiger partial charge in [-0.25, -0.2) is 0 Å². The maximum Gasteiger partial charge on any atom is 0.245 e. The van der Waals surface area contributed by atoms with Crippen molar-refractivity contribution >= 4 is 11.6 Å². The van der Waals surface area contributed by atoms with Crippen LogP contribution in [0.4, 0.5) is 5.69 Å². The summed E-state index contributed by atoms with van der Waals surface area (Å²) in [6.07, 6.45) is 1.44. The van der Waals surface area contributed by atoms with Crippen molar-refractivity contribution in [3.8, 4) is 0 Å². The zero-order valence-electron chi connectivity index (χ0n) is 11.7. The van der Waals surface area contributed by atoms with Gasteiger partial charge in [-0.1, -0.05) is 12.1 Å². The Hall–Kier alpha value is -1.55. The number of aryl methyl sites for hydroxylation is 1. The molecule has 4 heteroatoms. The molecule has 0 spiro atoms. The molecule has 0 aromatic heterocycles. The van der Waals surface area contributed by atoms with E-state index in [2.05, 4.69) is 24.0 Å². The Bertz CT molecular complexity index is 448. The summed E-state index contributed by atoms with van der Waals surface area (Å²) in [7, 11) is 1.84. The Morgan fingerprint density at radius 3 is 2.84 bits per heavy atom. The van der Waals surface area contributed by atoms with Gasteiger partial charge in [-0.05, 0) is 37.5 Å². The van der Waals surface area contributed by atoms with Crippen molar-refractivity contribution in [2.24, 2.45) is 0 Å². The Balaban J connectivity index is 2.31. The van der Waals surface area contributed by atoms with Crippen LogP contribution in [0.5, 0.6) is 0 Å². The lowest BCUT2D eigenvalue weighted by Crippen LogP contribution is -2.45. The van der Waals surface area contributed by atoms with Gasteiger partial charge in [0.2, 0.25) is 5.91 Å². The minimum Gasteiger partial charge on any atom is -0.396 e. The van der Waals surface area contributed by atoms with Crippen LogP contribution in [0.25, 0.3) is 0 Å². The Morgan fingerprint density at radius 2 is 2.16 bits per heavy atom. The fourth-order valence-electron chi connectivity index (χ4n) is 2.65. The second-order valence-corrected chi connectivity index (χ2v) is 5.17. The van der Waals surface area contributed by atoms with Gasteiger partial charge in [0.05, 0.1) is 0 Å². The normalized spacial score (nSPS) is 20.6. The SMILES string of the molecule is Cc1cccc(N2CCCN(C)C(=O)C2CCO)c1. The van der Waals surface area contributed by atoms with Crippen LogP contribution in [0.15, 0.2) is 24.3 Å². The third-order valence-corrected chi connectivity index (χ3v) is 3.67. The smallest absolute Gasteiger partial charge is 0.245 e. The molecule has 1 aliphatic heterocycles. The van der Waals surface area contributed by atoms with Crippen LogP contribution in [-0.4, -0.2) is 48.7 Å². The first-order chi connectivity index (χ1) is 9.13. The minimum atomic E-state index is -0.251. The molecule has 4 nitrogen and oxygen atoms in total. The molecular weight excluding hydrogens is 240 g/mol. The molecule has 1 aromatic carbocycles. The number of carbonyl (C=O) groups excluding carboxylic acids is 1. The molecule has 2 rings (SSSR count). The van der Waals surface area contributed by atoms with E-state index in [1.165, 1.54) is 5.56 Å². The van der Waals surface area contributed by atoms with Gasteiger partial charge in [-0.2, -0.15) is 0 Å². The number of hydrogen-bond donors (Lipinski definition) is 1. The molecule has 1 unspecified atom stereocenters. The highest BCUT2D eigenvalue weighted by atomic mass is 16.3. The van der Waals surface area contributed by atoms with Crippen molar-refractivity contribution in [1.82, 2.24) is 4.90 Å². The summed E-state index contributed by atoms with van der Waals surface area (Å²) in [6.45, 7) is 3.72. The van der Waals surface area contributed by atoms with E-state index >= 15 is 0 Å². The second kappa shape index (κ2) is 6.06. The predicted molar refractivity (Wildman–Crippen MR) is 76.3 cm³/mol. The largest absolute Gasteiger partial charge is 0.396 e. The van der Waals surface area contributed by atoms with Gasteiger partial charge in [0.1, 0.15) is 6.04 Å². The molecule has 0 aliphatic carbocycles. The van der Waals surface area contributed by atoms with Crippen molar-refractivity contribution in [3.63, 3.8) is 0 Å². The average molecular weight is 262 g/mol. The Kier molecular flexibility index (Phi) is 4.43. The van der Waals surface area contributed by atoms with Crippen LogP contribution in [0.1, 0.15) is 18.4 Å².